The molecule has 0 aliphatic heterocycles. The van der Waals surface area contributed by atoms with Crippen LogP contribution in [0.3, 0.4) is 0 Å². The summed E-state index contributed by atoms with van der Waals surface area (Å²) in [6.45, 7) is 5.08. The minimum Gasteiger partial charge on any atom is -0.481 e. The van der Waals surface area contributed by atoms with Gasteiger partial charge in [0.2, 0.25) is 0 Å². The molecule has 1 aromatic rings. The van der Waals surface area contributed by atoms with E-state index in [2.05, 4.69) is 16.6 Å². The molecular weight excluding hydrogens is 268 g/mol. The van der Waals surface area contributed by atoms with Crippen molar-refractivity contribution in [2.24, 2.45) is 0 Å². The lowest BCUT2D eigenvalue weighted by atomic mass is 9.85. The van der Waals surface area contributed by atoms with Crippen LogP contribution in [0.4, 0.5) is 10.5 Å². The molecular formula is C16H20N2O3. The van der Waals surface area contributed by atoms with Crippen LogP contribution >= 0.6 is 0 Å². The van der Waals surface area contributed by atoms with Crippen LogP contribution in [-0.4, -0.2) is 23.1 Å². The minimum absolute atomic E-state index is 0.111. The largest absolute Gasteiger partial charge is 0.481 e. The Balaban J connectivity index is 2.70. The molecule has 0 fully saturated rings. The van der Waals surface area contributed by atoms with Crippen molar-refractivity contribution < 1.29 is 14.7 Å². The van der Waals surface area contributed by atoms with Crippen LogP contribution in [0.5, 0.6) is 0 Å². The average Bonchev–Trinajstić information content (AvgIpc) is 2.39. The van der Waals surface area contributed by atoms with Crippen LogP contribution in [0.1, 0.15) is 32.8 Å². The van der Waals surface area contributed by atoms with E-state index in [-0.39, 0.29) is 12.1 Å². The van der Waals surface area contributed by atoms with Crippen LogP contribution in [0, 0.1) is 12.3 Å². The summed E-state index contributed by atoms with van der Waals surface area (Å²) in [7, 11) is 0. The smallest absolute Gasteiger partial charge is 0.319 e. The van der Waals surface area contributed by atoms with Gasteiger partial charge in [-0.3, -0.25) is 4.79 Å². The maximum Gasteiger partial charge on any atom is 0.319 e. The maximum atomic E-state index is 11.7. The molecule has 112 valence electrons. The molecule has 5 nitrogen and oxygen atoms in total. The highest BCUT2D eigenvalue weighted by Crippen LogP contribution is 2.24. The fourth-order valence-electron chi connectivity index (χ4n) is 1.71. The molecule has 1 unspecified atom stereocenters. The molecule has 3 N–H and O–H groups in total. The normalized spacial score (nSPS) is 12.1. The number of nitrogens with one attached hydrogen (secondary N) is 2. The third-order valence-electron chi connectivity index (χ3n) is 3.20. The van der Waals surface area contributed by atoms with E-state index in [0.717, 1.165) is 0 Å². The quantitative estimate of drug-likeness (QED) is 0.729. The Bertz CT molecular complexity index is 556. The van der Waals surface area contributed by atoms with Gasteiger partial charge in [0.1, 0.15) is 0 Å². The number of carboxylic acid groups (broad SMARTS) is 1. The Morgan fingerprint density at radius 1 is 1.33 bits per heavy atom. The van der Waals surface area contributed by atoms with Crippen LogP contribution < -0.4 is 10.6 Å². The molecule has 0 spiro atoms. The molecule has 0 radical (unpaired) electrons. The first-order valence-corrected chi connectivity index (χ1v) is 6.62. The van der Waals surface area contributed by atoms with Crippen molar-refractivity contribution >= 4 is 17.7 Å². The van der Waals surface area contributed by atoms with Gasteiger partial charge in [-0.25, -0.2) is 4.79 Å². The van der Waals surface area contributed by atoms with E-state index in [9.17, 15) is 9.59 Å². The van der Waals surface area contributed by atoms with E-state index in [4.69, 9.17) is 11.5 Å². The van der Waals surface area contributed by atoms with E-state index in [0.29, 0.717) is 17.7 Å². The topological polar surface area (TPSA) is 78.4 Å². The number of aliphatic carboxylic acids is 1. The number of carboxylic acids is 1. The number of rotatable bonds is 5. The number of benzene rings is 1. The molecule has 1 atom stereocenters. The molecule has 0 saturated carbocycles. The second-order valence-electron chi connectivity index (χ2n) is 5.42. The van der Waals surface area contributed by atoms with Crippen molar-refractivity contribution in [3.05, 3.63) is 29.8 Å². The molecule has 5 heteroatoms. The van der Waals surface area contributed by atoms with Crippen LogP contribution in [0.2, 0.25) is 0 Å². The second kappa shape index (κ2) is 6.80. The fraction of sp³-hybridized carbons (Fsp3) is 0.375. The van der Waals surface area contributed by atoms with Crippen molar-refractivity contribution in [1.82, 2.24) is 5.32 Å². The molecule has 0 saturated heterocycles. The van der Waals surface area contributed by atoms with E-state index in [1.807, 2.05) is 6.92 Å². The number of amides is 2. The molecule has 0 heterocycles. The standard InChI is InChI=1S/C16H20N2O3/c1-5-6-11(2)17-15(21)18-13-9-7-12(8-10-13)16(3,4)14(19)20/h1,7-11H,6H2,2-4H3,(H,19,20)(H2,17,18,21). The summed E-state index contributed by atoms with van der Waals surface area (Å²) < 4.78 is 0. The predicted octanol–water partition coefficient (Wildman–Crippen LogP) is 2.58. The Morgan fingerprint density at radius 2 is 1.90 bits per heavy atom. The summed E-state index contributed by atoms with van der Waals surface area (Å²) in [6.07, 6.45) is 5.63. The zero-order valence-electron chi connectivity index (χ0n) is 12.4. The summed E-state index contributed by atoms with van der Waals surface area (Å²) in [6, 6.07) is 6.27. The molecule has 1 rings (SSSR count). The van der Waals surface area contributed by atoms with Crippen LogP contribution in [0.15, 0.2) is 24.3 Å². The second-order valence-corrected chi connectivity index (χ2v) is 5.42. The van der Waals surface area contributed by atoms with E-state index in [1.54, 1.807) is 38.1 Å². The number of urea groups is 1. The number of terminal acetylenes is 1. The van der Waals surface area contributed by atoms with Gasteiger partial charge in [0.15, 0.2) is 0 Å². The summed E-state index contributed by atoms with van der Waals surface area (Å²) >= 11 is 0. The van der Waals surface area contributed by atoms with Crippen LogP contribution in [-0.2, 0) is 10.2 Å². The summed E-state index contributed by atoms with van der Waals surface area (Å²) in [5.74, 6) is 1.57. The number of anilines is 1. The third-order valence-corrected chi connectivity index (χ3v) is 3.20. The van der Waals surface area contributed by atoms with Gasteiger partial charge in [0.25, 0.3) is 0 Å². The maximum absolute atomic E-state index is 11.7. The summed E-state index contributed by atoms with van der Waals surface area (Å²) in [5.41, 5.74) is 0.286. The van der Waals surface area contributed by atoms with Crippen molar-refractivity contribution in [1.29, 1.82) is 0 Å². The number of hydrogen-bond acceptors (Lipinski definition) is 2. The molecule has 0 bridgehead atoms. The highest BCUT2D eigenvalue weighted by Gasteiger charge is 2.29. The highest BCUT2D eigenvalue weighted by molar-refractivity contribution is 5.89. The van der Waals surface area contributed by atoms with Gasteiger partial charge < -0.3 is 15.7 Å². The van der Waals surface area contributed by atoms with Crippen molar-refractivity contribution in [3.8, 4) is 12.3 Å². The Labute approximate surface area is 124 Å². The first-order valence-electron chi connectivity index (χ1n) is 6.62. The van der Waals surface area contributed by atoms with E-state index < -0.39 is 11.4 Å². The predicted molar refractivity (Wildman–Crippen MR) is 82.2 cm³/mol. The fourth-order valence-corrected chi connectivity index (χ4v) is 1.71. The first-order chi connectivity index (χ1) is 9.77. The summed E-state index contributed by atoms with van der Waals surface area (Å²) in [5, 5.41) is 14.5. The monoisotopic (exact) mass is 288 g/mol. The first kappa shape index (κ1) is 16.6. The molecule has 21 heavy (non-hydrogen) atoms. The van der Waals surface area contributed by atoms with Gasteiger partial charge in [-0.1, -0.05) is 12.1 Å². The molecule has 2 amide bonds. The number of hydrogen-bond donors (Lipinski definition) is 3. The Hall–Kier alpha value is -2.48. The highest BCUT2D eigenvalue weighted by atomic mass is 16.4. The number of carbonyl (C=O) groups excluding carboxylic acids is 1. The summed E-state index contributed by atoms with van der Waals surface area (Å²) in [4.78, 5) is 22.9. The van der Waals surface area contributed by atoms with Crippen molar-refractivity contribution in [3.63, 3.8) is 0 Å². The van der Waals surface area contributed by atoms with Gasteiger partial charge >= 0.3 is 12.0 Å². The van der Waals surface area contributed by atoms with E-state index >= 15 is 0 Å². The lowest BCUT2D eigenvalue weighted by molar-refractivity contribution is -0.142. The van der Waals surface area contributed by atoms with Gasteiger partial charge in [0, 0.05) is 18.2 Å². The zero-order chi connectivity index (χ0) is 16.0. The Kier molecular flexibility index (Phi) is 5.37. The average molecular weight is 288 g/mol. The van der Waals surface area contributed by atoms with Crippen LogP contribution in [0.25, 0.3) is 0 Å². The van der Waals surface area contributed by atoms with Gasteiger partial charge in [-0.05, 0) is 38.5 Å². The number of carbonyl (C=O) groups is 2. The minimum atomic E-state index is -0.970. The van der Waals surface area contributed by atoms with Crippen molar-refractivity contribution in [2.45, 2.75) is 38.6 Å². The lowest BCUT2D eigenvalue weighted by Crippen LogP contribution is -2.35. The van der Waals surface area contributed by atoms with Gasteiger partial charge in [-0.15, -0.1) is 12.3 Å². The Morgan fingerprint density at radius 3 is 2.38 bits per heavy atom. The lowest BCUT2D eigenvalue weighted by Gasteiger charge is -2.20. The van der Waals surface area contributed by atoms with Gasteiger partial charge in [-0.2, -0.15) is 0 Å². The molecule has 0 aliphatic rings. The van der Waals surface area contributed by atoms with E-state index in [1.165, 1.54) is 0 Å². The van der Waals surface area contributed by atoms with Gasteiger partial charge in [0.05, 0.1) is 5.41 Å². The third kappa shape index (κ3) is 4.53. The molecule has 1 aromatic carbocycles. The van der Waals surface area contributed by atoms with Crippen molar-refractivity contribution in [2.75, 3.05) is 5.32 Å². The molecule has 0 aromatic heterocycles. The SMILES string of the molecule is C#CCC(C)NC(=O)Nc1ccc(C(C)(C)C(=O)O)cc1. The molecule has 0 aliphatic carbocycles. The zero-order valence-corrected chi connectivity index (χ0v) is 12.4.